The Morgan fingerprint density at radius 2 is 2.19 bits per heavy atom. The Balaban J connectivity index is 2.90. The molecule has 1 amide bonds. The number of carbonyl (C=O) groups is 2. The monoisotopic (exact) mass is 228 g/mol. The fourth-order valence-electron chi connectivity index (χ4n) is 2.05. The summed E-state index contributed by atoms with van der Waals surface area (Å²) in [4.78, 5) is 24.6. The molecule has 0 aromatic carbocycles. The second-order valence-electron chi connectivity index (χ2n) is 5.12. The Morgan fingerprint density at radius 1 is 1.56 bits per heavy atom. The number of nitrogens with one attached hydrogen (secondary N) is 1. The number of hydrogen-bond acceptors (Lipinski definition) is 3. The van der Waals surface area contributed by atoms with Crippen LogP contribution in [0.2, 0.25) is 0 Å². The first-order valence-corrected chi connectivity index (χ1v) is 5.58. The minimum atomic E-state index is -0.934. The Hall–Kier alpha value is -1.10. The normalized spacial score (nSPS) is 23.7. The van der Waals surface area contributed by atoms with Crippen molar-refractivity contribution in [2.75, 3.05) is 13.1 Å². The lowest BCUT2D eigenvalue weighted by molar-refractivity contribution is -0.142. The van der Waals surface area contributed by atoms with Crippen LogP contribution in [-0.2, 0) is 9.59 Å². The molecule has 16 heavy (non-hydrogen) atoms. The quantitative estimate of drug-likeness (QED) is 0.720. The van der Waals surface area contributed by atoms with E-state index in [4.69, 9.17) is 5.11 Å². The zero-order chi connectivity index (χ0) is 12.3. The Morgan fingerprint density at radius 3 is 2.69 bits per heavy atom. The van der Waals surface area contributed by atoms with Gasteiger partial charge >= 0.3 is 5.97 Å². The molecule has 1 aliphatic heterocycles. The first-order chi connectivity index (χ1) is 7.32. The van der Waals surface area contributed by atoms with Gasteiger partial charge in [-0.25, -0.2) is 0 Å². The fourth-order valence-corrected chi connectivity index (χ4v) is 2.05. The molecule has 0 aromatic rings. The summed E-state index contributed by atoms with van der Waals surface area (Å²) >= 11 is 0. The van der Waals surface area contributed by atoms with Crippen LogP contribution in [-0.4, -0.2) is 46.6 Å². The van der Waals surface area contributed by atoms with E-state index in [2.05, 4.69) is 5.32 Å². The number of rotatable bonds is 2. The molecule has 0 aromatic heterocycles. The predicted molar refractivity (Wildman–Crippen MR) is 60.1 cm³/mol. The van der Waals surface area contributed by atoms with Crippen LogP contribution in [0.4, 0.5) is 0 Å². The molecule has 1 heterocycles. The SMILES string of the molecule is CC(C)(C)N1CCCNC(=O)C1CC(=O)O. The van der Waals surface area contributed by atoms with Crippen LogP contribution in [0.15, 0.2) is 0 Å². The highest BCUT2D eigenvalue weighted by Crippen LogP contribution is 2.21. The largest absolute Gasteiger partial charge is 0.481 e. The molecule has 0 radical (unpaired) electrons. The van der Waals surface area contributed by atoms with Crippen LogP contribution >= 0.6 is 0 Å². The molecule has 1 saturated heterocycles. The summed E-state index contributed by atoms with van der Waals surface area (Å²) in [5.41, 5.74) is -0.193. The highest BCUT2D eigenvalue weighted by Gasteiger charge is 2.36. The number of carbonyl (C=O) groups excluding carboxylic acids is 1. The van der Waals surface area contributed by atoms with Crippen LogP contribution in [0, 0.1) is 0 Å². The van der Waals surface area contributed by atoms with Crippen molar-refractivity contribution in [2.24, 2.45) is 0 Å². The van der Waals surface area contributed by atoms with E-state index in [9.17, 15) is 9.59 Å². The van der Waals surface area contributed by atoms with Gasteiger partial charge in [-0.3, -0.25) is 14.5 Å². The standard InChI is InChI=1S/C11H20N2O3/c1-11(2,3)13-6-4-5-12-10(16)8(13)7-9(14)15/h8H,4-7H2,1-3H3,(H,12,16)(H,14,15). The smallest absolute Gasteiger partial charge is 0.305 e. The lowest BCUT2D eigenvalue weighted by Crippen LogP contribution is -2.53. The molecular weight excluding hydrogens is 208 g/mol. The molecule has 0 spiro atoms. The first kappa shape index (κ1) is 13.0. The third-order valence-corrected chi connectivity index (χ3v) is 2.78. The van der Waals surface area contributed by atoms with Gasteiger partial charge in [0.15, 0.2) is 0 Å². The summed E-state index contributed by atoms with van der Waals surface area (Å²) < 4.78 is 0. The summed E-state index contributed by atoms with van der Waals surface area (Å²) in [7, 11) is 0. The van der Waals surface area contributed by atoms with E-state index in [1.54, 1.807) is 0 Å². The van der Waals surface area contributed by atoms with E-state index in [0.717, 1.165) is 13.0 Å². The number of hydrogen-bond donors (Lipinski definition) is 2. The van der Waals surface area contributed by atoms with Gasteiger partial charge in [0.1, 0.15) is 6.04 Å². The molecule has 1 unspecified atom stereocenters. The average molecular weight is 228 g/mol. The van der Waals surface area contributed by atoms with Crippen molar-refractivity contribution in [1.82, 2.24) is 10.2 Å². The van der Waals surface area contributed by atoms with Crippen LogP contribution in [0.3, 0.4) is 0 Å². The van der Waals surface area contributed by atoms with Crippen molar-refractivity contribution in [2.45, 2.75) is 45.2 Å². The predicted octanol–water partition coefficient (Wildman–Crippen LogP) is 0.450. The van der Waals surface area contributed by atoms with Crippen molar-refractivity contribution >= 4 is 11.9 Å². The summed E-state index contributed by atoms with van der Waals surface area (Å²) in [6, 6.07) is -0.556. The van der Waals surface area contributed by atoms with Crippen LogP contribution in [0.25, 0.3) is 0 Å². The van der Waals surface area contributed by atoms with E-state index >= 15 is 0 Å². The van der Waals surface area contributed by atoms with Crippen molar-refractivity contribution < 1.29 is 14.7 Å². The van der Waals surface area contributed by atoms with Crippen LogP contribution in [0.1, 0.15) is 33.6 Å². The minimum absolute atomic E-state index is 0.136. The number of carboxylic acid groups (broad SMARTS) is 1. The molecule has 1 atom stereocenters. The molecule has 1 fully saturated rings. The Labute approximate surface area is 95.8 Å². The highest BCUT2D eigenvalue weighted by atomic mass is 16.4. The second-order valence-corrected chi connectivity index (χ2v) is 5.12. The van der Waals surface area contributed by atoms with E-state index in [1.165, 1.54) is 0 Å². The zero-order valence-corrected chi connectivity index (χ0v) is 10.1. The third kappa shape index (κ3) is 3.20. The summed E-state index contributed by atoms with van der Waals surface area (Å²) in [6.45, 7) is 7.38. The molecule has 0 bridgehead atoms. The van der Waals surface area contributed by atoms with Gasteiger partial charge in [0.2, 0.25) is 5.91 Å². The van der Waals surface area contributed by atoms with E-state index < -0.39 is 12.0 Å². The van der Waals surface area contributed by atoms with E-state index in [1.807, 2.05) is 25.7 Å². The maximum atomic E-state index is 11.8. The number of amides is 1. The Kier molecular flexibility index (Phi) is 3.91. The summed E-state index contributed by atoms with van der Waals surface area (Å²) in [6.07, 6.45) is 0.724. The Bertz CT molecular complexity index is 283. The van der Waals surface area contributed by atoms with Gasteiger partial charge in [-0.2, -0.15) is 0 Å². The maximum Gasteiger partial charge on any atom is 0.305 e. The van der Waals surface area contributed by atoms with Gasteiger partial charge in [-0.05, 0) is 27.2 Å². The highest BCUT2D eigenvalue weighted by molar-refractivity contribution is 5.86. The summed E-state index contributed by atoms with van der Waals surface area (Å²) in [5, 5.41) is 11.6. The number of carboxylic acids is 1. The number of nitrogens with zero attached hydrogens (tertiary/aromatic N) is 1. The first-order valence-electron chi connectivity index (χ1n) is 5.58. The number of aliphatic carboxylic acids is 1. The molecule has 1 aliphatic rings. The molecule has 5 nitrogen and oxygen atoms in total. The summed E-state index contributed by atoms with van der Waals surface area (Å²) in [5.74, 6) is -1.11. The van der Waals surface area contributed by atoms with Gasteiger partial charge in [-0.1, -0.05) is 0 Å². The molecule has 1 rings (SSSR count). The topological polar surface area (TPSA) is 69.6 Å². The molecule has 2 N–H and O–H groups in total. The van der Waals surface area contributed by atoms with E-state index in [-0.39, 0.29) is 17.9 Å². The lowest BCUT2D eigenvalue weighted by Gasteiger charge is -2.38. The van der Waals surface area contributed by atoms with Crippen molar-refractivity contribution in [3.8, 4) is 0 Å². The fraction of sp³-hybridized carbons (Fsp3) is 0.818. The molecule has 92 valence electrons. The van der Waals surface area contributed by atoms with Gasteiger partial charge < -0.3 is 10.4 Å². The van der Waals surface area contributed by atoms with Gasteiger partial charge in [0, 0.05) is 18.6 Å². The minimum Gasteiger partial charge on any atom is -0.481 e. The van der Waals surface area contributed by atoms with Crippen molar-refractivity contribution in [3.05, 3.63) is 0 Å². The van der Waals surface area contributed by atoms with Gasteiger partial charge in [-0.15, -0.1) is 0 Å². The maximum absolute atomic E-state index is 11.8. The molecule has 5 heteroatoms. The third-order valence-electron chi connectivity index (χ3n) is 2.78. The van der Waals surface area contributed by atoms with E-state index in [0.29, 0.717) is 6.54 Å². The average Bonchev–Trinajstić information content (AvgIpc) is 2.27. The molecule has 0 saturated carbocycles. The van der Waals surface area contributed by atoms with Crippen molar-refractivity contribution in [1.29, 1.82) is 0 Å². The molecule has 0 aliphatic carbocycles. The zero-order valence-electron chi connectivity index (χ0n) is 10.1. The molecular formula is C11H20N2O3. The lowest BCUT2D eigenvalue weighted by atomic mass is 10.0. The van der Waals surface area contributed by atoms with Gasteiger partial charge in [0.25, 0.3) is 0 Å². The second kappa shape index (κ2) is 4.82. The van der Waals surface area contributed by atoms with Crippen LogP contribution in [0.5, 0.6) is 0 Å². The van der Waals surface area contributed by atoms with Crippen LogP contribution < -0.4 is 5.32 Å². The van der Waals surface area contributed by atoms with Crippen molar-refractivity contribution in [3.63, 3.8) is 0 Å². The van der Waals surface area contributed by atoms with Gasteiger partial charge in [0.05, 0.1) is 6.42 Å².